The molecule has 0 aliphatic heterocycles. The zero-order valence-electron chi connectivity index (χ0n) is 42.9. The fraction of sp³-hybridized carbons (Fsp3) is 0.590. The van der Waals surface area contributed by atoms with Crippen LogP contribution in [-0.4, -0.2) is 37.2 Å². The summed E-state index contributed by atoms with van der Waals surface area (Å²) in [5, 5.41) is 0. The number of unbranched alkanes of at least 4 members (excludes halogenated alkanes) is 13. The topological polar surface area (TPSA) is 78.9 Å². The summed E-state index contributed by atoms with van der Waals surface area (Å²) in [5.74, 6) is -1.08. The van der Waals surface area contributed by atoms with Gasteiger partial charge in [0.1, 0.15) is 13.2 Å². The van der Waals surface area contributed by atoms with Crippen LogP contribution in [0, 0.1) is 0 Å². The minimum atomic E-state index is -0.845. The lowest BCUT2D eigenvalue weighted by Gasteiger charge is -2.18. The van der Waals surface area contributed by atoms with E-state index >= 15 is 0 Å². The van der Waals surface area contributed by atoms with Crippen molar-refractivity contribution in [3.05, 3.63) is 134 Å². The Labute approximate surface area is 411 Å². The number of hydrogen-bond acceptors (Lipinski definition) is 6. The summed E-state index contributed by atoms with van der Waals surface area (Å²) in [5.41, 5.74) is 0. The van der Waals surface area contributed by atoms with Crippen LogP contribution in [0.1, 0.15) is 213 Å². The monoisotopic (exact) mass is 925 g/mol. The largest absolute Gasteiger partial charge is 0.462 e. The molecule has 0 bridgehead atoms. The van der Waals surface area contributed by atoms with Crippen LogP contribution in [0.2, 0.25) is 0 Å². The third-order valence-corrected chi connectivity index (χ3v) is 10.6. The molecule has 0 saturated carbocycles. The first-order valence-electron chi connectivity index (χ1n) is 26.7. The molecule has 0 spiro atoms. The minimum Gasteiger partial charge on any atom is -0.462 e. The molecule has 0 fully saturated rings. The minimum absolute atomic E-state index is 0.132. The van der Waals surface area contributed by atoms with Gasteiger partial charge in [-0.1, -0.05) is 199 Å². The lowest BCUT2D eigenvalue weighted by atomic mass is 10.1. The third-order valence-electron chi connectivity index (χ3n) is 10.6. The van der Waals surface area contributed by atoms with Gasteiger partial charge in [0.15, 0.2) is 6.10 Å². The highest BCUT2D eigenvalue weighted by Crippen LogP contribution is 2.11. The first-order chi connectivity index (χ1) is 33.0. The number of allylic oxidation sites excluding steroid dienone is 22. The van der Waals surface area contributed by atoms with Gasteiger partial charge in [-0.05, 0) is 128 Å². The quantitative estimate of drug-likeness (QED) is 0.0262. The first-order valence-corrected chi connectivity index (χ1v) is 26.7. The third kappa shape index (κ3) is 52.4. The fourth-order valence-electron chi connectivity index (χ4n) is 6.62. The van der Waals surface area contributed by atoms with Gasteiger partial charge in [-0.2, -0.15) is 0 Å². The Morgan fingerprint density at radius 3 is 1.00 bits per heavy atom. The summed E-state index contributed by atoms with van der Waals surface area (Å²) < 4.78 is 16.7. The Bertz CT molecular complexity index is 1480. The van der Waals surface area contributed by atoms with E-state index in [9.17, 15) is 14.4 Å². The first kappa shape index (κ1) is 62.5. The van der Waals surface area contributed by atoms with Gasteiger partial charge in [-0.25, -0.2) is 0 Å². The maximum Gasteiger partial charge on any atom is 0.306 e. The highest BCUT2D eigenvalue weighted by molar-refractivity contribution is 5.71. The van der Waals surface area contributed by atoms with Crippen molar-refractivity contribution in [1.29, 1.82) is 0 Å². The van der Waals surface area contributed by atoms with E-state index in [0.717, 1.165) is 109 Å². The van der Waals surface area contributed by atoms with Crippen molar-refractivity contribution in [3.63, 3.8) is 0 Å². The van der Waals surface area contributed by atoms with Crippen LogP contribution in [0.5, 0.6) is 0 Å². The second-order valence-corrected chi connectivity index (χ2v) is 17.0. The summed E-state index contributed by atoms with van der Waals surface area (Å²) in [6, 6.07) is 0. The van der Waals surface area contributed by atoms with Crippen molar-refractivity contribution in [2.24, 2.45) is 0 Å². The van der Waals surface area contributed by atoms with E-state index in [2.05, 4.69) is 142 Å². The highest BCUT2D eigenvalue weighted by atomic mass is 16.6. The number of ether oxygens (including phenoxy) is 3. The van der Waals surface area contributed by atoms with Gasteiger partial charge in [-0.15, -0.1) is 0 Å². The molecular formula is C61H96O6. The van der Waals surface area contributed by atoms with Gasteiger partial charge in [0.25, 0.3) is 0 Å². The van der Waals surface area contributed by atoms with E-state index in [1.807, 2.05) is 12.2 Å². The molecule has 6 nitrogen and oxygen atoms in total. The van der Waals surface area contributed by atoms with Crippen LogP contribution in [-0.2, 0) is 28.6 Å². The van der Waals surface area contributed by atoms with E-state index in [1.165, 1.54) is 51.4 Å². The summed E-state index contributed by atoms with van der Waals surface area (Å²) in [6.45, 7) is 6.34. The van der Waals surface area contributed by atoms with E-state index in [1.54, 1.807) is 0 Å². The summed E-state index contributed by atoms with van der Waals surface area (Å²) in [6.07, 6.45) is 75.9. The summed E-state index contributed by atoms with van der Waals surface area (Å²) in [4.78, 5) is 38.0. The average Bonchev–Trinajstić information content (AvgIpc) is 3.33. The molecule has 376 valence electrons. The molecule has 0 N–H and O–H groups in total. The van der Waals surface area contributed by atoms with Gasteiger partial charge >= 0.3 is 17.9 Å². The Balaban J connectivity index is 4.62. The molecule has 0 heterocycles. The molecule has 0 aromatic heterocycles. The lowest BCUT2D eigenvalue weighted by Crippen LogP contribution is -2.30. The number of carbonyl (C=O) groups excluding carboxylic acids is 3. The predicted molar refractivity (Wildman–Crippen MR) is 288 cm³/mol. The molecule has 6 heteroatoms. The van der Waals surface area contributed by atoms with Gasteiger partial charge in [0, 0.05) is 19.3 Å². The van der Waals surface area contributed by atoms with Crippen molar-refractivity contribution < 1.29 is 28.6 Å². The van der Waals surface area contributed by atoms with Crippen LogP contribution in [0.15, 0.2) is 134 Å². The van der Waals surface area contributed by atoms with Crippen LogP contribution in [0.3, 0.4) is 0 Å². The average molecular weight is 925 g/mol. The Morgan fingerprint density at radius 1 is 0.313 bits per heavy atom. The van der Waals surface area contributed by atoms with Crippen molar-refractivity contribution in [3.8, 4) is 0 Å². The second kappa shape index (κ2) is 54.2. The van der Waals surface area contributed by atoms with Gasteiger partial charge in [0.05, 0.1) is 0 Å². The van der Waals surface area contributed by atoms with Crippen molar-refractivity contribution in [1.82, 2.24) is 0 Å². The highest BCUT2D eigenvalue weighted by Gasteiger charge is 2.19. The Kier molecular flexibility index (Phi) is 50.6. The standard InChI is InChI=1S/C61H96O6/c1-4-7-10-13-16-19-22-25-28-29-30-31-34-37-40-43-46-49-52-55-61(64)67-58(56-65-59(62)53-50-47-44-41-38-35-32-26-23-20-17-14-11-8-5-2)57-66-60(63)54-51-48-45-42-39-36-33-27-24-21-18-15-12-9-6-3/h7,10,16-21,25-28,30-33,37-38,40-41,46,49,58H,4-6,8-9,11-15,22-24,29,34-36,39,42-45,47-48,50-57H2,1-3H3/b10-7-,19-16-,20-17-,21-18-,28-25-,31-30-,32-26-,33-27-,40-37-,41-38-,49-46-/t58-/m1/s1. The van der Waals surface area contributed by atoms with E-state index in [-0.39, 0.29) is 38.0 Å². The zero-order valence-corrected chi connectivity index (χ0v) is 42.9. The SMILES string of the molecule is CC/C=C\C/C=C\C/C=C\C/C=C\C/C=C\C/C=C\CCC(=O)O[C@H](COC(=O)CCCC/C=C\C/C=C\C/C=C\CCCCC)COC(=O)CCCCCCC/C=C\C/C=C\CCCCC. The Morgan fingerprint density at radius 2 is 0.612 bits per heavy atom. The predicted octanol–water partition coefficient (Wildman–Crippen LogP) is 17.9. The molecule has 0 aromatic rings. The molecule has 1 atom stereocenters. The molecule has 0 radical (unpaired) electrons. The number of hydrogen-bond donors (Lipinski definition) is 0. The fourth-order valence-corrected chi connectivity index (χ4v) is 6.62. The van der Waals surface area contributed by atoms with Gasteiger partial charge in [-0.3, -0.25) is 14.4 Å². The smallest absolute Gasteiger partial charge is 0.306 e. The molecule has 67 heavy (non-hydrogen) atoms. The van der Waals surface area contributed by atoms with Crippen LogP contribution in [0.4, 0.5) is 0 Å². The molecule has 0 aliphatic carbocycles. The van der Waals surface area contributed by atoms with Crippen LogP contribution < -0.4 is 0 Å². The van der Waals surface area contributed by atoms with E-state index < -0.39 is 12.1 Å². The van der Waals surface area contributed by atoms with Gasteiger partial charge < -0.3 is 14.2 Å². The maximum absolute atomic E-state index is 12.8. The molecule has 0 unspecified atom stereocenters. The van der Waals surface area contributed by atoms with E-state index in [0.29, 0.717) is 19.3 Å². The molecule has 0 rings (SSSR count). The molecule has 0 saturated heterocycles. The zero-order chi connectivity index (χ0) is 48.6. The number of rotatable bonds is 46. The van der Waals surface area contributed by atoms with Crippen LogP contribution in [0.25, 0.3) is 0 Å². The van der Waals surface area contributed by atoms with Crippen molar-refractivity contribution in [2.45, 2.75) is 219 Å². The normalized spacial score (nSPS) is 13.2. The molecule has 0 amide bonds. The van der Waals surface area contributed by atoms with E-state index in [4.69, 9.17) is 14.2 Å². The van der Waals surface area contributed by atoms with Crippen molar-refractivity contribution >= 4 is 17.9 Å². The second-order valence-electron chi connectivity index (χ2n) is 17.0. The number of esters is 3. The molecule has 0 aliphatic rings. The maximum atomic E-state index is 12.8. The molecular weight excluding hydrogens is 829 g/mol. The lowest BCUT2D eigenvalue weighted by molar-refractivity contribution is -0.166. The Hall–Kier alpha value is -4.45. The van der Waals surface area contributed by atoms with Crippen molar-refractivity contribution in [2.75, 3.05) is 13.2 Å². The summed E-state index contributed by atoms with van der Waals surface area (Å²) >= 11 is 0. The van der Waals surface area contributed by atoms with Gasteiger partial charge in [0.2, 0.25) is 0 Å². The summed E-state index contributed by atoms with van der Waals surface area (Å²) in [7, 11) is 0. The molecule has 0 aromatic carbocycles. The van der Waals surface area contributed by atoms with Crippen LogP contribution >= 0.6 is 0 Å². The number of carbonyl (C=O) groups is 3.